The van der Waals surface area contributed by atoms with E-state index in [1.165, 1.54) is 11.3 Å². The molecule has 136 valence electrons. The number of ether oxygens (including phenoxy) is 2. The van der Waals surface area contributed by atoms with Gasteiger partial charge in [-0.15, -0.1) is 23.7 Å². The van der Waals surface area contributed by atoms with Crippen LogP contribution in [0, 0.1) is 0 Å². The molecule has 0 saturated carbocycles. The summed E-state index contributed by atoms with van der Waals surface area (Å²) in [6.45, 7) is 0.969. The largest absolute Gasteiger partial charge is 0.454 e. The first-order valence-electron chi connectivity index (χ1n) is 8.12. The average molecular weight is 384 g/mol. The number of amides is 1. The molecular formula is C17H22ClN3O3S. The molecule has 2 aromatic rings. The number of benzene rings is 1. The highest BCUT2D eigenvalue weighted by molar-refractivity contribution is 7.14. The molecule has 3 N–H and O–H groups in total. The third-order valence-corrected chi connectivity index (χ3v) is 4.53. The zero-order chi connectivity index (χ0) is 16.8. The van der Waals surface area contributed by atoms with Crippen LogP contribution < -0.4 is 20.5 Å². The lowest BCUT2D eigenvalue weighted by Gasteiger charge is -2.02. The normalized spacial score (nSPS) is 11.9. The molecule has 0 atom stereocenters. The van der Waals surface area contributed by atoms with Crippen molar-refractivity contribution in [2.45, 2.75) is 32.1 Å². The van der Waals surface area contributed by atoms with Crippen molar-refractivity contribution in [2.24, 2.45) is 5.73 Å². The predicted octanol–water partition coefficient (Wildman–Crippen LogP) is 3.81. The molecule has 3 rings (SSSR count). The predicted molar refractivity (Wildman–Crippen MR) is 102 cm³/mol. The lowest BCUT2D eigenvalue weighted by molar-refractivity contribution is -0.116. The van der Waals surface area contributed by atoms with Crippen molar-refractivity contribution in [1.29, 1.82) is 0 Å². The zero-order valence-electron chi connectivity index (χ0n) is 13.8. The molecular weight excluding hydrogens is 362 g/mol. The maximum atomic E-state index is 11.9. The number of carbonyl (C=O) groups is 1. The number of fused-ring (bicyclic) bond motifs is 1. The van der Waals surface area contributed by atoms with Crippen molar-refractivity contribution in [3.8, 4) is 22.8 Å². The van der Waals surface area contributed by atoms with Gasteiger partial charge in [0.25, 0.3) is 0 Å². The summed E-state index contributed by atoms with van der Waals surface area (Å²) in [7, 11) is 0. The van der Waals surface area contributed by atoms with Gasteiger partial charge in [-0.25, -0.2) is 4.98 Å². The van der Waals surface area contributed by atoms with Crippen LogP contribution in [0.5, 0.6) is 11.5 Å². The van der Waals surface area contributed by atoms with Gasteiger partial charge in [0.2, 0.25) is 12.7 Å². The van der Waals surface area contributed by atoms with Crippen LogP contribution in [0.3, 0.4) is 0 Å². The Balaban J connectivity index is 0.00000225. The van der Waals surface area contributed by atoms with Crippen molar-refractivity contribution in [1.82, 2.24) is 4.98 Å². The third-order valence-electron chi connectivity index (χ3n) is 3.78. The third kappa shape index (κ3) is 5.32. The Labute approximate surface area is 157 Å². The van der Waals surface area contributed by atoms with Crippen LogP contribution in [0.15, 0.2) is 23.6 Å². The second kappa shape index (κ2) is 9.60. The number of thiazole rings is 1. The average Bonchev–Trinajstić information content (AvgIpc) is 3.22. The summed E-state index contributed by atoms with van der Waals surface area (Å²) in [6.07, 6.45) is 4.53. The molecule has 1 amide bonds. The molecule has 0 bridgehead atoms. The number of halogens is 1. The molecule has 0 radical (unpaired) electrons. The van der Waals surface area contributed by atoms with Crippen LogP contribution >= 0.6 is 23.7 Å². The molecule has 0 fully saturated rings. The monoisotopic (exact) mass is 383 g/mol. The second-order valence-corrected chi connectivity index (χ2v) is 6.47. The van der Waals surface area contributed by atoms with Crippen molar-refractivity contribution in [3.63, 3.8) is 0 Å². The number of carbonyl (C=O) groups excluding carboxylic acids is 1. The van der Waals surface area contributed by atoms with E-state index in [0.717, 1.165) is 48.4 Å². The Kier molecular flexibility index (Phi) is 7.49. The molecule has 8 heteroatoms. The van der Waals surface area contributed by atoms with Crippen LogP contribution in [0.4, 0.5) is 5.13 Å². The minimum Gasteiger partial charge on any atom is -0.454 e. The summed E-state index contributed by atoms with van der Waals surface area (Å²) >= 11 is 1.42. The molecule has 1 aromatic carbocycles. The standard InChI is InChI=1S/C17H21N3O3S.ClH/c18-8-4-2-1-3-5-16(21)20-17-19-13(10-24-17)12-6-7-14-15(9-12)23-11-22-14;/h6-7,9-10H,1-5,8,11,18H2,(H,19,20,21);1H. The van der Waals surface area contributed by atoms with Crippen LogP contribution in [0.25, 0.3) is 11.3 Å². The summed E-state index contributed by atoms with van der Waals surface area (Å²) in [6, 6.07) is 5.71. The number of nitrogens with one attached hydrogen (secondary N) is 1. The van der Waals surface area contributed by atoms with E-state index >= 15 is 0 Å². The van der Waals surface area contributed by atoms with Crippen molar-refractivity contribution >= 4 is 34.8 Å². The Bertz CT molecular complexity index is 708. The summed E-state index contributed by atoms with van der Waals surface area (Å²) in [5, 5.41) is 5.41. The molecule has 1 aliphatic rings. The van der Waals surface area contributed by atoms with Gasteiger partial charge >= 0.3 is 0 Å². The second-order valence-electron chi connectivity index (χ2n) is 5.61. The van der Waals surface area contributed by atoms with Gasteiger partial charge in [-0.05, 0) is 37.6 Å². The van der Waals surface area contributed by atoms with Crippen molar-refractivity contribution in [2.75, 3.05) is 18.7 Å². The molecule has 0 spiro atoms. The molecule has 2 heterocycles. The maximum Gasteiger partial charge on any atom is 0.231 e. The van der Waals surface area contributed by atoms with E-state index in [1.54, 1.807) is 0 Å². The minimum absolute atomic E-state index is 0. The van der Waals surface area contributed by atoms with E-state index in [1.807, 2.05) is 23.6 Å². The van der Waals surface area contributed by atoms with Crippen LogP contribution in [-0.4, -0.2) is 24.2 Å². The van der Waals surface area contributed by atoms with Gasteiger partial charge in [-0.1, -0.05) is 12.8 Å². The van der Waals surface area contributed by atoms with Crippen LogP contribution in [0.2, 0.25) is 0 Å². The fraction of sp³-hybridized carbons (Fsp3) is 0.412. The number of nitrogens with zero attached hydrogens (tertiary/aromatic N) is 1. The summed E-state index contributed by atoms with van der Waals surface area (Å²) in [5.74, 6) is 1.48. The smallest absolute Gasteiger partial charge is 0.231 e. The van der Waals surface area contributed by atoms with Crippen molar-refractivity contribution < 1.29 is 14.3 Å². The van der Waals surface area contributed by atoms with E-state index in [2.05, 4.69) is 10.3 Å². The number of hydrogen-bond donors (Lipinski definition) is 2. The lowest BCUT2D eigenvalue weighted by atomic mass is 10.1. The Hall–Kier alpha value is -1.83. The first-order chi connectivity index (χ1) is 11.8. The van der Waals surface area contributed by atoms with Gasteiger partial charge in [0.1, 0.15) is 0 Å². The molecule has 6 nitrogen and oxygen atoms in total. The zero-order valence-corrected chi connectivity index (χ0v) is 15.5. The van der Waals surface area contributed by atoms with Gasteiger partial charge in [0.15, 0.2) is 16.6 Å². The Morgan fingerprint density at radius 1 is 1.20 bits per heavy atom. The topological polar surface area (TPSA) is 86.5 Å². The van der Waals surface area contributed by atoms with E-state index < -0.39 is 0 Å². The molecule has 1 aliphatic heterocycles. The van der Waals surface area contributed by atoms with Crippen molar-refractivity contribution in [3.05, 3.63) is 23.6 Å². The summed E-state index contributed by atoms with van der Waals surface area (Å²) in [4.78, 5) is 16.4. The quantitative estimate of drug-likeness (QED) is 0.677. The number of aromatic nitrogens is 1. The molecule has 1 aromatic heterocycles. The number of hydrogen-bond acceptors (Lipinski definition) is 6. The number of rotatable bonds is 8. The van der Waals surface area contributed by atoms with E-state index in [9.17, 15) is 4.79 Å². The lowest BCUT2D eigenvalue weighted by Crippen LogP contribution is -2.10. The van der Waals surface area contributed by atoms with E-state index in [-0.39, 0.29) is 25.1 Å². The molecule has 0 unspecified atom stereocenters. The molecule has 0 saturated heterocycles. The fourth-order valence-electron chi connectivity index (χ4n) is 2.48. The highest BCUT2D eigenvalue weighted by Crippen LogP contribution is 2.36. The summed E-state index contributed by atoms with van der Waals surface area (Å²) in [5.41, 5.74) is 7.21. The summed E-state index contributed by atoms with van der Waals surface area (Å²) < 4.78 is 10.7. The van der Waals surface area contributed by atoms with Gasteiger partial charge in [-0.2, -0.15) is 0 Å². The van der Waals surface area contributed by atoms with Gasteiger partial charge in [0.05, 0.1) is 5.69 Å². The Morgan fingerprint density at radius 2 is 2.00 bits per heavy atom. The Morgan fingerprint density at radius 3 is 2.84 bits per heavy atom. The number of unbranched alkanes of at least 4 members (excludes halogenated alkanes) is 3. The molecule has 25 heavy (non-hydrogen) atoms. The highest BCUT2D eigenvalue weighted by atomic mass is 35.5. The van der Waals surface area contributed by atoms with Crippen LogP contribution in [0.1, 0.15) is 32.1 Å². The first kappa shape index (κ1) is 19.5. The van der Waals surface area contributed by atoms with Gasteiger partial charge in [0, 0.05) is 17.4 Å². The molecule has 0 aliphatic carbocycles. The minimum atomic E-state index is 0. The van der Waals surface area contributed by atoms with Crippen LogP contribution in [-0.2, 0) is 4.79 Å². The SMILES string of the molecule is Cl.NCCCCCCC(=O)Nc1nc(-c2ccc3c(c2)OCO3)cs1. The number of anilines is 1. The number of nitrogens with two attached hydrogens (primary N) is 1. The highest BCUT2D eigenvalue weighted by Gasteiger charge is 2.15. The maximum absolute atomic E-state index is 11.9. The first-order valence-corrected chi connectivity index (χ1v) is 8.99. The van der Waals surface area contributed by atoms with E-state index in [0.29, 0.717) is 18.1 Å². The fourth-order valence-corrected chi connectivity index (χ4v) is 3.22. The van der Waals surface area contributed by atoms with Gasteiger partial charge in [-0.3, -0.25) is 4.79 Å². The van der Waals surface area contributed by atoms with Gasteiger partial charge < -0.3 is 20.5 Å². The van der Waals surface area contributed by atoms with E-state index in [4.69, 9.17) is 15.2 Å².